The summed E-state index contributed by atoms with van der Waals surface area (Å²) in [5, 5.41) is 0. The molecule has 0 spiro atoms. The highest BCUT2D eigenvalue weighted by atomic mass is 16.5. The Balaban J connectivity index is 1.19. The Hall–Kier alpha value is -7.11. The first-order chi connectivity index (χ1) is 25.8. The number of para-hydroxylation sites is 4. The maximum Gasteiger partial charge on any atom is 0.153 e. The molecule has 1 aromatic heterocycles. The Kier molecular flexibility index (Phi) is 8.12. The highest BCUT2D eigenvalue weighted by Crippen LogP contribution is 2.53. The quantitative estimate of drug-likeness (QED) is 0.161. The summed E-state index contributed by atoms with van der Waals surface area (Å²) in [5.41, 5.74) is 11.0. The van der Waals surface area contributed by atoms with Crippen molar-refractivity contribution in [3.63, 3.8) is 0 Å². The van der Waals surface area contributed by atoms with E-state index < -0.39 is 0 Å². The molecule has 1 aliphatic rings. The summed E-state index contributed by atoms with van der Waals surface area (Å²) in [6, 6.07) is 69.1. The lowest BCUT2D eigenvalue weighted by atomic mass is 10.1. The zero-order valence-electron chi connectivity index (χ0n) is 28.3. The summed E-state index contributed by atoms with van der Waals surface area (Å²) in [6.07, 6.45) is 1.95. The van der Waals surface area contributed by atoms with Gasteiger partial charge in [0.25, 0.3) is 0 Å². The molecule has 0 unspecified atom stereocenters. The maximum absolute atomic E-state index is 6.93. The number of nitrogens with zero attached hydrogens (tertiary/aromatic N) is 4. The standard InChI is InChI=1S/C47H34N4O/c1-6-16-35(17-7-1)43-29-26-42(34-48-43)51-44-30-27-40(49(36-18-8-2-9-19-36)37-20-10-3-11-21-37)32-46(44)52-47-33-41(28-31-45(47)51)50(38-22-12-4-13-23-38)39-24-14-5-15-25-39/h1-34H. The second-order valence-electron chi connectivity index (χ2n) is 12.5. The average Bonchev–Trinajstić information content (AvgIpc) is 3.22. The fraction of sp³-hybridized carbons (Fsp3) is 0. The van der Waals surface area contributed by atoms with Gasteiger partial charge >= 0.3 is 0 Å². The van der Waals surface area contributed by atoms with Crippen molar-refractivity contribution in [1.29, 1.82) is 0 Å². The molecule has 1 aliphatic heterocycles. The van der Waals surface area contributed by atoms with E-state index in [1.165, 1.54) is 0 Å². The first-order valence-electron chi connectivity index (χ1n) is 17.4. The molecule has 7 aromatic carbocycles. The summed E-state index contributed by atoms with van der Waals surface area (Å²) in [4.78, 5) is 11.7. The van der Waals surface area contributed by atoms with E-state index in [-0.39, 0.29) is 0 Å². The second-order valence-corrected chi connectivity index (χ2v) is 12.5. The molecule has 0 bridgehead atoms. The molecule has 8 aromatic rings. The molecule has 2 heterocycles. The van der Waals surface area contributed by atoms with Gasteiger partial charge in [0.05, 0.1) is 29.0 Å². The van der Waals surface area contributed by atoms with Crippen molar-refractivity contribution in [2.75, 3.05) is 14.7 Å². The molecule has 0 atom stereocenters. The van der Waals surface area contributed by atoms with Crippen LogP contribution in [0.15, 0.2) is 206 Å². The smallest absolute Gasteiger partial charge is 0.153 e. The number of hydrogen-bond donors (Lipinski definition) is 0. The fourth-order valence-electron chi connectivity index (χ4n) is 6.84. The molecule has 5 nitrogen and oxygen atoms in total. The van der Waals surface area contributed by atoms with Crippen molar-refractivity contribution in [3.05, 3.63) is 206 Å². The van der Waals surface area contributed by atoms with Gasteiger partial charge in [0.15, 0.2) is 11.5 Å². The highest BCUT2D eigenvalue weighted by Gasteiger charge is 2.29. The predicted molar refractivity (Wildman–Crippen MR) is 214 cm³/mol. The third kappa shape index (κ3) is 5.91. The fourth-order valence-corrected chi connectivity index (χ4v) is 6.84. The molecule has 0 amide bonds. The molecule has 0 radical (unpaired) electrons. The molecular formula is C47H34N4O. The number of aromatic nitrogens is 1. The maximum atomic E-state index is 6.93. The van der Waals surface area contributed by atoms with E-state index in [1.807, 2.05) is 48.7 Å². The van der Waals surface area contributed by atoms with Crippen LogP contribution < -0.4 is 19.4 Å². The van der Waals surface area contributed by atoms with Gasteiger partial charge in [0, 0.05) is 51.8 Å². The Labute approximate surface area is 303 Å². The first-order valence-corrected chi connectivity index (χ1v) is 17.4. The second kappa shape index (κ2) is 13.7. The summed E-state index contributed by atoms with van der Waals surface area (Å²) in [5.74, 6) is 1.49. The first kappa shape index (κ1) is 30.9. The SMILES string of the molecule is c1ccc(-c2ccc(N3c4ccc(N(c5ccccc5)c5ccccc5)cc4Oc4cc(N(c5ccccc5)c5ccccc5)ccc43)cn2)cc1. The van der Waals surface area contributed by atoms with Gasteiger partial charge in [-0.05, 0) is 84.9 Å². The summed E-state index contributed by atoms with van der Waals surface area (Å²) in [6.45, 7) is 0. The average molecular weight is 671 g/mol. The van der Waals surface area contributed by atoms with E-state index in [2.05, 4.69) is 172 Å². The number of benzene rings is 7. The van der Waals surface area contributed by atoms with Gasteiger partial charge in [-0.3, -0.25) is 4.98 Å². The number of anilines is 9. The van der Waals surface area contributed by atoms with Crippen LogP contribution in [0.3, 0.4) is 0 Å². The normalized spacial score (nSPS) is 11.6. The van der Waals surface area contributed by atoms with Crippen molar-refractivity contribution in [2.24, 2.45) is 0 Å². The number of hydrogen-bond acceptors (Lipinski definition) is 5. The third-order valence-corrected chi connectivity index (χ3v) is 9.24. The summed E-state index contributed by atoms with van der Waals surface area (Å²) in [7, 11) is 0. The summed E-state index contributed by atoms with van der Waals surface area (Å²) < 4.78 is 6.93. The lowest BCUT2D eigenvalue weighted by Crippen LogP contribution is -2.18. The van der Waals surface area contributed by atoms with Gasteiger partial charge in [0.1, 0.15) is 0 Å². The summed E-state index contributed by atoms with van der Waals surface area (Å²) >= 11 is 0. The molecule has 9 rings (SSSR count). The van der Waals surface area contributed by atoms with Crippen molar-refractivity contribution in [1.82, 2.24) is 4.98 Å². The molecule has 0 saturated heterocycles. The van der Waals surface area contributed by atoms with E-state index in [9.17, 15) is 0 Å². The number of pyridine rings is 1. The molecule has 0 saturated carbocycles. The van der Waals surface area contributed by atoms with Gasteiger partial charge < -0.3 is 19.4 Å². The van der Waals surface area contributed by atoms with Crippen LogP contribution in [0.4, 0.5) is 51.2 Å². The Morgan fingerprint density at radius 3 is 1.17 bits per heavy atom. The van der Waals surface area contributed by atoms with Crippen molar-refractivity contribution in [3.8, 4) is 22.8 Å². The minimum absolute atomic E-state index is 0.747. The van der Waals surface area contributed by atoms with Crippen LogP contribution in [-0.4, -0.2) is 4.98 Å². The lowest BCUT2D eigenvalue weighted by molar-refractivity contribution is 0.477. The Morgan fingerprint density at radius 1 is 0.385 bits per heavy atom. The monoisotopic (exact) mass is 670 g/mol. The van der Waals surface area contributed by atoms with Gasteiger partial charge in [-0.15, -0.1) is 0 Å². The van der Waals surface area contributed by atoms with Crippen LogP contribution in [-0.2, 0) is 0 Å². The molecule has 248 valence electrons. The topological polar surface area (TPSA) is 31.8 Å². The van der Waals surface area contributed by atoms with Crippen molar-refractivity contribution >= 4 is 51.2 Å². The number of ether oxygens (including phenoxy) is 1. The van der Waals surface area contributed by atoms with E-state index >= 15 is 0 Å². The van der Waals surface area contributed by atoms with Crippen LogP contribution in [0.1, 0.15) is 0 Å². The molecule has 5 heteroatoms. The van der Waals surface area contributed by atoms with Crippen LogP contribution in [0.5, 0.6) is 11.5 Å². The molecule has 0 aliphatic carbocycles. The highest BCUT2D eigenvalue weighted by molar-refractivity contribution is 5.91. The number of rotatable bonds is 8. The van der Waals surface area contributed by atoms with Crippen molar-refractivity contribution < 1.29 is 4.74 Å². The molecule has 0 fully saturated rings. The van der Waals surface area contributed by atoms with E-state index in [0.717, 1.165) is 73.9 Å². The zero-order chi connectivity index (χ0) is 34.7. The van der Waals surface area contributed by atoms with Crippen molar-refractivity contribution in [2.45, 2.75) is 0 Å². The van der Waals surface area contributed by atoms with Crippen LogP contribution in [0.25, 0.3) is 11.3 Å². The predicted octanol–water partition coefficient (Wildman–Crippen LogP) is 13.3. The van der Waals surface area contributed by atoms with Gasteiger partial charge in [-0.2, -0.15) is 0 Å². The van der Waals surface area contributed by atoms with Gasteiger partial charge in [-0.1, -0.05) is 103 Å². The van der Waals surface area contributed by atoms with E-state index in [4.69, 9.17) is 9.72 Å². The lowest BCUT2D eigenvalue weighted by Gasteiger charge is -2.35. The van der Waals surface area contributed by atoms with Crippen LogP contribution in [0.2, 0.25) is 0 Å². The molecule has 52 heavy (non-hydrogen) atoms. The Bertz CT molecular complexity index is 2210. The largest absolute Gasteiger partial charge is 0.453 e. The Morgan fingerprint density at radius 2 is 0.788 bits per heavy atom. The zero-order valence-corrected chi connectivity index (χ0v) is 28.3. The third-order valence-electron chi connectivity index (χ3n) is 9.24. The minimum Gasteiger partial charge on any atom is -0.453 e. The molecular weight excluding hydrogens is 637 g/mol. The number of fused-ring (bicyclic) bond motifs is 2. The van der Waals surface area contributed by atoms with Crippen LogP contribution >= 0.6 is 0 Å². The van der Waals surface area contributed by atoms with E-state index in [1.54, 1.807) is 0 Å². The minimum atomic E-state index is 0.747. The van der Waals surface area contributed by atoms with Gasteiger partial charge in [-0.25, -0.2) is 0 Å². The van der Waals surface area contributed by atoms with Crippen LogP contribution in [0, 0.1) is 0 Å². The van der Waals surface area contributed by atoms with E-state index in [0.29, 0.717) is 0 Å². The molecule has 0 N–H and O–H groups in total. The van der Waals surface area contributed by atoms with Gasteiger partial charge in [0.2, 0.25) is 0 Å².